The molecule has 0 saturated heterocycles. The maximum absolute atomic E-state index is 11.5. The fourth-order valence-corrected chi connectivity index (χ4v) is 3.95. The lowest BCUT2D eigenvalue weighted by atomic mass is 9.90. The molecule has 1 aliphatic heterocycles. The Kier molecular flexibility index (Phi) is 2.65. The summed E-state index contributed by atoms with van der Waals surface area (Å²) in [6, 6.07) is 6.65. The van der Waals surface area contributed by atoms with Crippen LogP contribution in [-0.2, 0) is 13.0 Å². The lowest BCUT2D eigenvalue weighted by molar-refractivity contribution is -1.15. The van der Waals surface area contributed by atoms with Gasteiger partial charge in [-0.15, -0.1) is 10.3 Å². The topological polar surface area (TPSA) is 55.9 Å². The molecule has 20 heavy (non-hydrogen) atoms. The van der Waals surface area contributed by atoms with Gasteiger partial charge in [0.05, 0.1) is 6.54 Å². The zero-order valence-electron chi connectivity index (χ0n) is 11.6. The average molecular weight is 273 g/mol. The van der Waals surface area contributed by atoms with E-state index in [4.69, 9.17) is 0 Å². The van der Waals surface area contributed by atoms with Crippen LogP contribution in [0, 0.1) is 12.1 Å². The van der Waals surface area contributed by atoms with Gasteiger partial charge in [0.1, 0.15) is 6.04 Å². The molecule has 2 heterocycles. The minimum absolute atomic E-state index is 0.0534. The third kappa shape index (κ3) is 1.58. The highest BCUT2D eigenvalue weighted by Gasteiger charge is 2.37. The van der Waals surface area contributed by atoms with E-state index in [1.165, 1.54) is 27.7 Å². The van der Waals surface area contributed by atoms with E-state index in [9.17, 15) is 10.4 Å². The molecule has 4 rings (SSSR count). The first kappa shape index (κ1) is 12.3. The maximum Gasteiger partial charge on any atom is 0.103 e. The van der Waals surface area contributed by atoms with Crippen LogP contribution in [0.25, 0.3) is 10.9 Å². The molecular weight excluding hydrogens is 254 g/mol. The number of rotatable bonds is 1. The van der Waals surface area contributed by atoms with Gasteiger partial charge in [-0.1, -0.05) is 11.6 Å². The Hall–Kier alpha value is -1.40. The van der Waals surface area contributed by atoms with E-state index in [1.54, 1.807) is 5.01 Å². The van der Waals surface area contributed by atoms with Gasteiger partial charge >= 0.3 is 0 Å². The first-order valence-electron chi connectivity index (χ1n) is 7.28. The van der Waals surface area contributed by atoms with Crippen molar-refractivity contribution in [2.45, 2.75) is 38.8 Å². The fraction of sp³-hybridized carbons (Fsp3) is 0.467. The number of aryl methyl sites for hydroxylation is 2. The Morgan fingerprint density at radius 3 is 3.00 bits per heavy atom. The Morgan fingerprint density at radius 2 is 2.20 bits per heavy atom. The number of nitrogens with zero attached hydrogens (tertiary/aromatic N) is 2. The standard InChI is InChI=1S/C15H19N3O2/c1-10-5-6-13-12(9-10)11-3-2-4-14-15(11)16(13)7-8-17(14)18(19)20/h5-6,9,14,18-19H,2-4,7-8H2,1H3. The van der Waals surface area contributed by atoms with Gasteiger partial charge in [0.25, 0.3) is 0 Å². The van der Waals surface area contributed by atoms with Crippen molar-refractivity contribution in [3.8, 4) is 0 Å². The normalized spacial score (nSPS) is 23.9. The number of hydrogen-bond donors (Lipinski definition) is 2. The lowest BCUT2D eigenvalue weighted by Crippen LogP contribution is -3.12. The third-order valence-electron chi connectivity index (χ3n) is 4.77. The first-order valence-corrected chi connectivity index (χ1v) is 7.28. The molecule has 2 N–H and O–H groups in total. The number of nitrogens with one attached hydrogen (secondary N) is 1. The van der Waals surface area contributed by atoms with Crippen LogP contribution in [0.15, 0.2) is 18.2 Å². The molecule has 106 valence electrons. The summed E-state index contributed by atoms with van der Waals surface area (Å²) >= 11 is 0. The van der Waals surface area contributed by atoms with Crippen LogP contribution in [0.3, 0.4) is 0 Å². The van der Waals surface area contributed by atoms with Gasteiger partial charge in [-0.05, 0) is 43.9 Å². The molecule has 0 spiro atoms. The summed E-state index contributed by atoms with van der Waals surface area (Å²) in [6.07, 6.45) is 3.11. The maximum atomic E-state index is 11.5. The molecular formula is C15H19N3O2. The molecule has 2 aliphatic rings. The van der Waals surface area contributed by atoms with E-state index in [2.05, 4.69) is 29.7 Å². The van der Waals surface area contributed by atoms with E-state index in [-0.39, 0.29) is 6.04 Å². The summed E-state index contributed by atoms with van der Waals surface area (Å²) in [5, 5.41) is 23.0. The van der Waals surface area contributed by atoms with Gasteiger partial charge < -0.3 is 9.77 Å². The van der Waals surface area contributed by atoms with Crippen LogP contribution in [0.5, 0.6) is 0 Å². The van der Waals surface area contributed by atoms with Crippen molar-refractivity contribution in [1.82, 2.24) is 9.58 Å². The second-order valence-corrected chi connectivity index (χ2v) is 5.92. The smallest absolute Gasteiger partial charge is 0.103 e. The van der Waals surface area contributed by atoms with Crippen LogP contribution in [0.2, 0.25) is 0 Å². The SMILES string of the molecule is Cc1ccc2c(c1)c1c3n2CCN([NH+]([O-])O)C3CCC1. The Balaban J connectivity index is 1.98. The van der Waals surface area contributed by atoms with Crippen LogP contribution in [0.4, 0.5) is 0 Å². The Morgan fingerprint density at radius 1 is 1.35 bits per heavy atom. The second-order valence-electron chi connectivity index (χ2n) is 5.92. The predicted octanol–water partition coefficient (Wildman–Crippen LogP) is 1.33. The van der Waals surface area contributed by atoms with Crippen molar-refractivity contribution in [2.75, 3.05) is 6.54 Å². The van der Waals surface area contributed by atoms with E-state index >= 15 is 0 Å². The molecule has 2 aromatic rings. The molecule has 0 bridgehead atoms. The molecule has 1 aliphatic carbocycles. The van der Waals surface area contributed by atoms with Crippen LogP contribution < -0.4 is 5.34 Å². The largest absolute Gasteiger partial charge is 0.579 e. The molecule has 1 aromatic heterocycles. The molecule has 5 nitrogen and oxygen atoms in total. The zero-order chi connectivity index (χ0) is 13.9. The van der Waals surface area contributed by atoms with Crippen LogP contribution >= 0.6 is 0 Å². The van der Waals surface area contributed by atoms with Crippen molar-refractivity contribution in [3.05, 3.63) is 40.2 Å². The van der Waals surface area contributed by atoms with Gasteiger partial charge in [-0.3, -0.25) is 0 Å². The number of aromatic nitrogens is 1. The molecule has 2 unspecified atom stereocenters. The number of benzene rings is 1. The highest BCUT2D eigenvalue weighted by atomic mass is 16.8. The fourth-order valence-electron chi connectivity index (χ4n) is 3.95. The zero-order valence-corrected chi connectivity index (χ0v) is 11.6. The second kappa shape index (κ2) is 4.30. The van der Waals surface area contributed by atoms with E-state index in [1.807, 2.05) is 0 Å². The summed E-state index contributed by atoms with van der Waals surface area (Å²) < 4.78 is 2.35. The third-order valence-corrected chi connectivity index (χ3v) is 4.77. The summed E-state index contributed by atoms with van der Waals surface area (Å²) in [4.78, 5) is 0. The van der Waals surface area contributed by atoms with E-state index in [0.29, 0.717) is 6.54 Å². The Labute approximate surface area is 117 Å². The van der Waals surface area contributed by atoms with Gasteiger partial charge in [0, 0.05) is 23.1 Å². The lowest BCUT2D eigenvalue weighted by Gasteiger charge is -2.40. The monoisotopic (exact) mass is 273 g/mol. The quantitative estimate of drug-likeness (QED) is 0.771. The van der Waals surface area contributed by atoms with Crippen molar-refractivity contribution >= 4 is 10.9 Å². The highest BCUT2D eigenvalue weighted by Crippen LogP contribution is 2.41. The predicted molar refractivity (Wildman–Crippen MR) is 75.2 cm³/mol. The molecule has 5 heteroatoms. The summed E-state index contributed by atoms with van der Waals surface area (Å²) in [6.45, 7) is 3.49. The number of quaternary nitrogens is 1. The van der Waals surface area contributed by atoms with Crippen molar-refractivity contribution in [1.29, 1.82) is 0 Å². The minimum atomic E-state index is -0.782. The van der Waals surface area contributed by atoms with Crippen molar-refractivity contribution < 1.29 is 10.5 Å². The molecule has 0 radical (unpaired) electrons. The van der Waals surface area contributed by atoms with Gasteiger partial charge in [-0.2, -0.15) is 5.21 Å². The molecule has 0 amide bonds. The van der Waals surface area contributed by atoms with Crippen molar-refractivity contribution in [2.24, 2.45) is 0 Å². The number of fused-ring (bicyclic) bond motifs is 3. The van der Waals surface area contributed by atoms with Crippen LogP contribution in [-0.4, -0.2) is 21.3 Å². The first-order chi connectivity index (χ1) is 9.66. The van der Waals surface area contributed by atoms with Gasteiger partial charge in [0.15, 0.2) is 0 Å². The molecule has 1 aromatic carbocycles. The molecule has 2 atom stereocenters. The van der Waals surface area contributed by atoms with Crippen LogP contribution in [0.1, 0.15) is 35.7 Å². The highest BCUT2D eigenvalue weighted by molar-refractivity contribution is 5.87. The van der Waals surface area contributed by atoms with E-state index in [0.717, 1.165) is 25.8 Å². The molecule has 0 saturated carbocycles. The number of hydrogen-bond acceptors (Lipinski definition) is 3. The van der Waals surface area contributed by atoms with E-state index < -0.39 is 5.34 Å². The summed E-state index contributed by atoms with van der Waals surface area (Å²) in [5.74, 6) is 0. The minimum Gasteiger partial charge on any atom is -0.579 e. The molecule has 0 fully saturated rings. The van der Waals surface area contributed by atoms with Gasteiger partial charge in [0.2, 0.25) is 0 Å². The Bertz CT molecular complexity index is 677. The summed E-state index contributed by atoms with van der Waals surface area (Å²) in [7, 11) is 0. The summed E-state index contributed by atoms with van der Waals surface area (Å²) in [5.41, 5.74) is 5.18. The average Bonchev–Trinajstić information content (AvgIpc) is 2.75. The van der Waals surface area contributed by atoms with Gasteiger partial charge in [-0.25, -0.2) is 0 Å². The van der Waals surface area contributed by atoms with Crippen molar-refractivity contribution in [3.63, 3.8) is 0 Å².